The lowest BCUT2D eigenvalue weighted by Gasteiger charge is -2.12. The van der Waals surface area contributed by atoms with Crippen molar-refractivity contribution >= 4 is 14.0 Å². The third-order valence-electron chi connectivity index (χ3n) is 0.872. The van der Waals surface area contributed by atoms with Crippen LogP contribution in [0.25, 0.3) is 0 Å². The minimum absolute atomic E-state index is 0.177. The van der Waals surface area contributed by atoms with Crippen LogP contribution in [0, 0.1) is 0 Å². The molecule has 0 unspecified atom stereocenters. The number of hydrogen-bond acceptors (Lipinski definition) is 3. The Morgan fingerprint density at radius 1 is 1.36 bits per heavy atom. The maximum absolute atomic E-state index is 11.0. The van der Waals surface area contributed by atoms with Crippen molar-refractivity contribution in [3.63, 3.8) is 0 Å². The highest BCUT2D eigenvalue weighted by Crippen LogP contribution is 2.38. The molecule has 0 radical (unpaired) electrons. The molecule has 0 saturated heterocycles. The van der Waals surface area contributed by atoms with Crippen LogP contribution in [0.15, 0.2) is 0 Å². The second-order valence-corrected chi connectivity index (χ2v) is 3.08. The molecular weight excluding hydrogens is 165 g/mol. The van der Waals surface area contributed by atoms with Gasteiger partial charge < -0.3 is 14.4 Å². The summed E-state index contributed by atoms with van der Waals surface area (Å²) in [4.78, 5) is 11.0. The van der Waals surface area contributed by atoms with Crippen LogP contribution in [0.3, 0.4) is 0 Å². The van der Waals surface area contributed by atoms with Crippen molar-refractivity contribution in [2.75, 3.05) is 20.3 Å². The van der Waals surface area contributed by atoms with Crippen molar-refractivity contribution in [3.05, 3.63) is 0 Å². The van der Waals surface area contributed by atoms with Crippen LogP contribution in [0.1, 0.15) is 13.8 Å². The highest BCUT2D eigenvalue weighted by molar-refractivity contribution is 7.65. The van der Waals surface area contributed by atoms with Crippen LogP contribution >= 0.6 is 8.38 Å². The van der Waals surface area contributed by atoms with Crippen molar-refractivity contribution in [1.82, 2.24) is 5.32 Å². The van der Waals surface area contributed by atoms with Gasteiger partial charge in [0.25, 0.3) is 14.0 Å². The number of amides is 1. The topological polar surface area (TPSA) is 47.6 Å². The van der Waals surface area contributed by atoms with Crippen LogP contribution in [0.5, 0.6) is 0 Å². The molecule has 1 N–H and O–H groups in total. The SMILES string of the molecule is CCOP(OCC)C(=O)NC. The van der Waals surface area contributed by atoms with Gasteiger partial charge in [-0.25, -0.2) is 0 Å². The van der Waals surface area contributed by atoms with Crippen LogP contribution in [-0.4, -0.2) is 25.9 Å². The molecule has 0 heterocycles. The van der Waals surface area contributed by atoms with E-state index in [-0.39, 0.29) is 5.65 Å². The normalized spacial score (nSPS) is 10.2. The van der Waals surface area contributed by atoms with Crippen LogP contribution in [-0.2, 0) is 9.05 Å². The smallest absolute Gasteiger partial charge is 0.298 e. The first kappa shape index (κ1) is 10.8. The van der Waals surface area contributed by atoms with E-state index in [9.17, 15) is 4.79 Å². The molecule has 0 aliphatic heterocycles. The number of rotatable bonds is 5. The quantitative estimate of drug-likeness (QED) is 0.653. The second kappa shape index (κ2) is 6.53. The number of hydrogen-bond donors (Lipinski definition) is 1. The van der Waals surface area contributed by atoms with Gasteiger partial charge in [0.15, 0.2) is 0 Å². The lowest BCUT2D eigenvalue weighted by molar-refractivity contribution is 0.237. The standard InChI is InChI=1S/C6H14NO3P/c1-4-9-11(10-5-2)6(8)7-3/h4-5H2,1-3H3,(H,7,8). The third kappa shape index (κ3) is 4.30. The Balaban J connectivity index is 3.76. The monoisotopic (exact) mass is 179 g/mol. The van der Waals surface area contributed by atoms with E-state index < -0.39 is 8.38 Å². The molecule has 11 heavy (non-hydrogen) atoms. The van der Waals surface area contributed by atoms with Crippen molar-refractivity contribution in [2.45, 2.75) is 13.8 Å². The minimum Gasteiger partial charge on any atom is -0.351 e. The summed E-state index contributed by atoms with van der Waals surface area (Å²) in [7, 11) is 0.193. The van der Waals surface area contributed by atoms with Gasteiger partial charge in [0, 0.05) is 7.05 Å². The van der Waals surface area contributed by atoms with E-state index in [0.29, 0.717) is 13.2 Å². The molecule has 0 aliphatic carbocycles. The Bertz CT molecular complexity index is 114. The molecule has 0 atom stereocenters. The van der Waals surface area contributed by atoms with Crippen LogP contribution < -0.4 is 5.32 Å². The third-order valence-corrected chi connectivity index (χ3v) is 2.41. The predicted molar refractivity (Wildman–Crippen MR) is 44.6 cm³/mol. The molecule has 5 heteroatoms. The Labute approximate surface area is 68.2 Å². The van der Waals surface area contributed by atoms with E-state index in [1.54, 1.807) is 7.05 Å². The van der Waals surface area contributed by atoms with Gasteiger partial charge in [-0.3, -0.25) is 4.79 Å². The molecule has 0 aromatic heterocycles. The molecule has 4 nitrogen and oxygen atoms in total. The first-order chi connectivity index (χ1) is 5.26. The minimum atomic E-state index is -1.37. The Morgan fingerprint density at radius 2 is 1.82 bits per heavy atom. The lowest BCUT2D eigenvalue weighted by Crippen LogP contribution is -2.16. The summed E-state index contributed by atoms with van der Waals surface area (Å²) in [6.45, 7) is 4.66. The lowest BCUT2D eigenvalue weighted by atomic mass is 10.9. The van der Waals surface area contributed by atoms with Gasteiger partial charge in [-0.1, -0.05) is 0 Å². The summed E-state index contributed by atoms with van der Waals surface area (Å²) in [5, 5.41) is 2.47. The maximum Gasteiger partial charge on any atom is 0.298 e. The Morgan fingerprint density at radius 3 is 2.09 bits per heavy atom. The Hall–Kier alpha value is -0.180. The van der Waals surface area contributed by atoms with E-state index in [4.69, 9.17) is 9.05 Å². The molecule has 0 fully saturated rings. The molecular formula is C6H14NO3P. The van der Waals surface area contributed by atoms with Crippen molar-refractivity contribution in [1.29, 1.82) is 0 Å². The zero-order valence-electron chi connectivity index (χ0n) is 7.09. The summed E-state index contributed by atoms with van der Waals surface area (Å²) >= 11 is 0. The van der Waals surface area contributed by atoms with Gasteiger partial charge in [-0.2, -0.15) is 0 Å². The van der Waals surface area contributed by atoms with Crippen molar-refractivity contribution in [2.24, 2.45) is 0 Å². The van der Waals surface area contributed by atoms with Gasteiger partial charge in [-0.05, 0) is 13.8 Å². The fourth-order valence-corrected chi connectivity index (χ4v) is 1.44. The van der Waals surface area contributed by atoms with E-state index in [0.717, 1.165) is 0 Å². The van der Waals surface area contributed by atoms with Gasteiger partial charge in [0.05, 0.1) is 13.2 Å². The average molecular weight is 179 g/mol. The van der Waals surface area contributed by atoms with E-state index in [2.05, 4.69) is 5.32 Å². The summed E-state index contributed by atoms with van der Waals surface area (Å²) in [6.07, 6.45) is 0. The molecule has 0 bridgehead atoms. The van der Waals surface area contributed by atoms with Crippen LogP contribution in [0.4, 0.5) is 4.79 Å². The molecule has 0 saturated carbocycles. The number of carbonyl (C=O) groups is 1. The van der Waals surface area contributed by atoms with Crippen molar-refractivity contribution in [3.8, 4) is 0 Å². The first-order valence-corrected chi connectivity index (χ1v) is 4.71. The first-order valence-electron chi connectivity index (χ1n) is 3.53. The van der Waals surface area contributed by atoms with Gasteiger partial charge in [0.2, 0.25) is 0 Å². The number of carbonyl (C=O) groups excluding carboxylic acids is 1. The summed E-state index contributed by atoms with van der Waals surface area (Å²) in [5.41, 5.74) is -0.177. The second-order valence-electron chi connectivity index (χ2n) is 1.65. The maximum atomic E-state index is 11.0. The molecule has 0 aromatic carbocycles. The van der Waals surface area contributed by atoms with E-state index in [1.807, 2.05) is 13.8 Å². The van der Waals surface area contributed by atoms with Gasteiger partial charge >= 0.3 is 0 Å². The largest absolute Gasteiger partial charge is 0.351 e. The summed E-state index contributed by atoms with van der Waals surface area (Å²) in [6, 6.07) is 0. The molecule has 0 rings (SSSR count). The van der Waals surface area contributed by atoms with E-state index >= 15 is 0 Å². The number of nitrogens with one attached hydrogen (secondary N) is 1. The predicted octanol–water partition coefficient (Wildman–Crippen LogP) is 1.71. The summed E-state index contributed by atoms with van der Waals surface area (Å²) < 4.78 is 10.1. The average Bonchev–Trinajstić information content (AvgIpc) is 2.03. The summed E-state index contributed by atoms with van der Waals surface area (Å²) in [5.74, 6) is 0. The van der Waals surface area contributed by atoms with E-state index in [1.165, 1.54) is 0 Å². The fourth-order valence-electron chi connectivity index (χ4n) is 0.480. The highest BCUT2D eigenvalue weighted by atomic mass is 31.2. The zero-order chi connectivity index (χ0) is 8.69. The highest BCUT2D eigenvalue weighted by Gasteiger charge is 2.17. The van der Waals surface area contributed by atoms with Gasteiger partial charge in [0.1, 0.15) is 0 Å². The van der Waals surface area contributed by atoms with Crippen molar-refractivity contribution < 1.29 is 13.8 Å². The molecule has 0 aromatic rings. The van der Waals surface area contributed by atoms with Gasteiger partial charge in [-0.15, -0.1) is 0 Å². The van der Waals surface area contributed by atoms with Crippen LogP contribution in [0.2, 0.25) is 0 Å². The molecule has 66 valence electrons. The zero-order valence-corrected chi connectivity index (χ0v) is 7.98. The molecule has 1 amide bonds. The Kier molecular flexibility index (Phi) is 6.42. The fraction of sp³-hybridized carbons (Fsp3) is 0.833. The molecule has 0 aliphatic rings. The molecule has 0 spiro atoms.